The van der Waals surface area contributed by atoms with Gasteiger partial charge in [-0.3, -0.25) is 0 Å². The van der Waals surface area contributed by atoms with Gasteiger partial charge in [-0.2, -0.15) is 0 Å². The Hall–Kier alpha value is -1.06. The predicted molar refractivity (Wildman–Crippen MR) is 80.5 cm³/mol. The van der Waals surface area contributed by atoms with Crippen molar-refractivity contribution in [2.24, 2.45) is 5.92 Å². The summed E-state index contributed by atoms with van der Waals surface area (Å²) >= 11 is 0. The third kappa shape index (κ3) is 3.28. The van der Waals surface area contributed by atoms with Crippen LogP contribution in [0.1, 0.15) is 38.3 Å². The lowest BCUT2D eigenvalue weighted by Gasteiger charge is -2.36. The summed E-state index contributed by atoms with van der Waals surface area (Å²) < 4.78 is 0. The Morgan fingerprint density at radius 2 is 2.05 bits per heavy atom. The molecule has 0 saturated carbocycles. The largest absolute Gasteiger partial charge is 0.391 e. The summed E-state index contributed by atoms with van der Waals surface area (Å²) in [7, 11) is 2.00. The van der Waals surface area contributed by atoms with Crippen molar-refractivity contribution in [2.75, 3.05) is 25.0 Å². The fourth-order valence-electron chi connectivity index (χ4n) is 2.81. The summed E-state index contributed by atoms with van der Waals surface area (Å²) in [6.45, 7) is 6.12. The Balaban J connectivity index is 2.06. The number of aliphatic hydroxyl groups is 1. The molecule has 3 unspecified atom stereocenters. The molecule has 106 valence electrons. The average Bonchev–Trinajstić information content (AvgIpc) is 2.44. The third-order valence-electron chi connectivity index (χ3n) is 4.34. The first-order chi connectivity index (χ1) is 9.15. The zero-order valence-electron chi connectivity index (χ0n) is 12.3. The topological polar surface area (TPSA) is 35.5 Å². The van der Waals surface area contributed by atoms with E-state index in [9.17, 15) is 5.11 Å². The highest BCUT2D eigenvalue weighted by Gasteiger charge is 2.24. The van der Waals surface area contributed by atoms with Gasteiger partial charge in [0, 0.05) is 24.8 Å². The highest BCUT2D eigenvalue weighted by Crippen LogP contribution is 2.25. The lowest BCUT2D eigenvalue weighted by atomic mass is 9.95. The second-order valence-corrected chi connectivity index (χ2v) is 5.62. The molecule has 1 fully saturated rings. The zero-order valence-corrected chi connectivity index (χ0v) is 12.3. The van der Waals surface area contributed by atoms with E-state index in [1.165, 1.54) is 11.3 Å². The summed E-state index contributed by atoms with van der Waals surface area (Å²) in [5, 5.41) is 13.3. The summed E-state index contributed by atoms with van der Waals surface area (Å²) in [5.41, 5.74) is 2.56. The summed E-state index contributed by atoms with van der Waals surface area (Å²) in [6, 6.07) is 9.19. The number of nitrogens with zero attached hydrogens (tertiary/aromatic N) is 1. The molecule has 2 N–H and O–H groups in total. The number of anilines is 1. The van der Waals surface area contributed by atoms with Crippen molar-refractivity contribution in [2.45, 2.75) is 38.8 Å². The van der Waals surface area contributed by atoms with E-state index in [0.717, 1.165) is 25.9 Å². The molecule has 0 aliphatic carbocycles. The zero-order chi connectivity index (χ0) is 13.8. The Bertz CT molecular complexity index is 386. The molecule has 3 nitrogen and oxygen atoms in total. The fraction of sp³-hybridized carbons (Fsp3) is 0.625. The maximum Gasteiger partial charge on any atom is 0.0741 e. The number of hydrogen-bond acceptors (Lipinski definition) is 3. The van der Waals surface area contributed by atoms with Gasteiger partial charge >= 0.3 is 0 Å². The molecule has 1 aromatic carbocycles. The highest BCUT2D eigenvalue weighted by molar-refractivity contribution is 5.48. The highest BCUT2D eigenvalue weighted by atomic mass is 16.3. The van der Waals surface area contributed by atoms with Crippen molar-refractivity contribution in [3.63, 3.8) is 0 Å². The number of aliphatic hydroxyl groups excluding tert-OH is 1. The molecule has 0 radical (unpaired) electrons. The van der Waals surface area contributed by atoms with Gasteiger partial charge in [-0.25, -0.2) is 0 Å². The molecule has 0 spiro atoms. The molecule has 0 bridgehead atoms. The Kier molecular flexibility index (Phi) is 4.83. The van der Waals surface area contributed by atoms with Crippen molar-refractivity contribution in [1.82, 2.24) is 5.32 Å². The van der Waals surface area contributed by atoms with Crippen molar-refractivity contribution in [1.29, 1.82) is 0 Å². The molecule has 1 heterocycles. The summed E-state index contributed by atoms with van der Waals surface area (Å²) in [5.74, 6) is 0.421. The minimum absolute atomic E-state index is 0.200. The van der Waals surface area contributed by atoms with Gasteiger partial charge in [0.1, 0.15) is 0 Å². The van der Waals surface area contributed by atoms with Crippen molar-refractivity contribution in [3.8, 4) is 0 Å². The van der Waals surface area contributed by atoms with E-state index in [1.807, 2.05) is 7.05 Å². The lowest BCUT2D eigenvalue weighted by Crippen LogP contribution is -2.42. The van der Waals surface area contributed by atoms with Crippen LogP contribution >= 0.6 is 0 Å². The number of β-amino-alcohol motifs (C(OH)–C–C–N with tert-alkyl or cyclic N) is 1. The molecule has 1 aromatic rings. The molecule has 1 saturated heterocycles. The van der Waals surface area contributed by atoms with Gasteiger partial charge in [0.2, 0.25) is 0 Å². The smallest absolute Gasteiger partial charge is 0.0741 e. The Labute approximate surface area is 116 Å². The van der Waals surface area contributed by atoms with Gasteiger partial charge in [-0.05, 0) is 43.5 Å². The van der Waals surface area contributed by atoms with E-state index in [0.29, 0.717) is 12.0 Å². The Morgan fingerprint density at radius 3 is 2.58 bits per heavy atom. The first kappa shape index (κ1) is 14.4. The number of rotatable bonds is 4. The van der Waals surface area contributed by atoms with Gasteiger partial charge < -0.3 is 15.3 Å². The Morgan fingerprint density at radius 1 is 1.37 bits per heavy atom. The van der Waals surface area contributed by atoms with Gasteiger partial charge in [-0.1, -0.05) is 26.0 Å². The minimum atomic E-state index is -0.200. The van der Waals surface area contributed by atoms with E-state index in [-0.39, 0.29) is 6.10 Å². The normalized spacial score (nSPS) is 25.4. The molecule has 0 aromatic heterocycles. The van der Waals surface area contributed by atoms with Crippen LogP contribution in [0.25, 0.3) is 0 Å². The first-order valence-corrected chi connectivity index (χ1v) is 7.36. The van der Waals surface area contributed by atoms with Crippen LogP contribution < -0.4 is 10.2 Å². The number of benzene rings is 1. The van der Waals surface area contributed by atoms with Crippen LogP contribution in [0.2, 0.25) is 0 Å². The molecule has 2 rings (SSSR count). The van der Waals surface area contributed by atoms with Gasteiger partial charge in [0.15, 0.2) is 0 Å². The summed E-state index contributed by atoms with van der Waals surface area (Å²) in [6.07, 6.45) is 1.96. The van der Waals surface area contributed by atoms with Crippen LogP contribution in [-0.4, -0.2) is 31.3 Å². The molecule has 3 heteroatoms. The fourth-order valence-corrected chi connectivity index (χ4v) is 2.81. The van der Waals surface area contributed by atoms with E-state index in [4.69, 9.17) is 0 Å². The summed E-state index contributed by atoms with van der Waals surface area (Å²) in [4.78, 5) is 2.29. The number of piperidine rings is 1. The standard InChI is InChI=1S/C16H26N2O/c1-4-15(17-3)13-5-7-14(8-6-13)18-10-9-12(2)16(19)11-18/h5-8,12,15-17,19H,4,9-11H2,1-3H3. The molecular weight excluding hydrogens is 236 g/mol. The number of hydrogen-bond donors (Lipinski definition) is 2. The van der Waals surface area contributed by atoms with Gasteiger partial charge in [0.25, 0.3) is 0 Å². The van der Waals surface area contributed by atoms with Crippen LogP contribution in [0, 0.1) is 5.92 Å². The maximum absolute atomic E-state index is 9.98. The van der Waals surface area contributed by atoms with Gasteiger partial charge in [-0.15, -0.1) is 0 Å². The van der Waals surface area contributed by atoms with E-state index in [1.54, 1.807) is 0 Å². The second kappa shape index (κ2) is 6.40. The maximum atomic E-state index is 9.98. The monoisotopic (exact) mass is 262 g/mol. The molecule has 0 amide bonds. The van der Waals surface area contributed by atoms with Gasteiger partial charge in [0.05, 0.1) is 6.10 Å². The van der Waals surface area contributed by atoms with Crippen molar-refractivity contribution < 1.29 is 5.11 Å². The SMILES string of the molecule is CCC(NC)c1ccc(N2CCC(C)C(O)C2)cc1. The quantitative estimate of drug-likeness (QED) is 0.875. The van der Waals surface area contributed by atoms with E-state index >= 15 is 0 Å². The molecule has 19 heavy (non-hydrogen) atoms. The van der Waals surface area contributed by atoms with Crippen molar-refractivity contribution >= 4 is 5.69 Å². The van der Waals surface area contributed by atoms with Crippen LogP contribution in [0.3, 0.4) is 0 Å². The lowest BCUT2D eigenvalue weighted by molar-refractivity contribution is 0.103. The van der Waals surface area contributed by atoms with E-state index < -0.39 is 0 Å². The minimum Gasteiger partial charge on any atom is -0.391 e. The number of nitrogens with one attached hydrogen (secondary N) is 1. The van der Waals surface area contributed by atoms with Crippen LogP contribution in [0.5, 0.6) is 0 Å². The molecule has 3 atom stereocenters. The molecule has 1 aliphatic heterocycles. The third-order valence-corrected chi connectivity index (χ3v) is 4.34. The molecular formula is C16H26N2O. The van der Waals surface area contributed by atoms with E-state index in [2.05, 4.69) is 48.3 Å². The average molecular weight is 262 g/mol. The van der Waals surface area contributed by atoms with Crippen LogP contribution in [-0.2, 0) is 0 Å². The second-order valence-electron chi connectivity index (χ2n) is 5.62. The predicted octanol–water partition coefficient (Wildman–Crippen LogP) is 2.56. The molecule has 1 aliphatic rings. The first-order valence-electron chi connectivity index (χ1n) is 7.36. The van der Waals surface area contributed by atoms with Crippen molar-refractivity contribution in [3.05, 3.63) is 29.8 Å². The van der Waals surface area contributed by atoms with Crippen LogP contribution in [0.15, 0.2) is 24.3 Å². The van der Waals surface area contributed by atoms with Crippen LogP contribution in [0.4, 0.5) is 5.69 Å².